The summed E-state index contributed by atoms with van der Waals surface area (Å²) in [5, 5.41) is 19.4. The van der Waals surface area contributed by atoms with E-state index in [9.17, 15) is 4.79 Å². The van der Waals surface area contributed by atoms with Crippen LogP contribution in [0, 0.1) is 6.92 Å². The van der Waals surface area contributed by atoms with Crippen LogP contribution in [-0.2, 0) is 18.3 Å². The highest BCUT2D eigenvalue weighted by Gasteiger charge is 2.23. The van der Waals surface area contributed by atoms with Crippen molar-refractivity contribution in [2.24, 2.45) is 7.05 Å². The van der Waals surface area contributed by atoms with Gasteiger partial charge < -0.3 is 5.32 Å². The second kappa shape index (κ2) is 6.94. The van der Waals surface area contributed by atoms with Gasteiger partial charge in [0.2, 0.25) is 5.91 Å². The van der Waals surface area contributed by atoms with Gasteiger partial charge in [-0.15, -0.1) is 5.10 Å². The van der Waals surface area contributed by atoms with E-state index in [4.69, 9.17) is 0 Å². The molecule has 4 rings (SSSR count). The average Bonchev–Trinajstić information content (AvgIpc) is 3.29. The molecule has 4 aromatic rings. The molecule has 1 aromatic carbocycles. The lowest BCUT2D eigenvalue weighted by atomic mass is 10.1. The minimum Gasteiger partial charge on any atom is -0.323 e. The van der Waals surface area contributed by atoms with Gasteiger partial charge >= 0.3 is 0 Å². The summed E-state index contributed by atoms with van der Waals surface area (Å²) in [5.74, 6) is -0.214. The Morgan fingerprint density at radius 1 is 1.26 bits per heavy atom. The fourth-order valence-corrected chi connectivity index (χ4v) is 3.06. The number of tetrazole rings is 1. The Morgan fingerprint density at radius 2 is 2.07 bits per heavy atom. The molecule has 0 aliphatic carbocycles. The maximum Gasteiger partial charge on any atom is 0.249 e. The van der Waals surface area contributed by atoms with E-state index >= 15 is 0 Å². The van der Waals surface area contributed by atoms with Crippen LogP contribution in [0.5, 0.6) is 0 Å². The van der Waals surface area contributed by atoms with Crippen LogP contribution in [0.1, 0.15) is 17.3 Å². The van der Waals surface area contributed by atoms with Crippen molar-refractivity contribution in [3.8, 4) is 0 Å². The number of rotatable bonds is 5. The van der Waals surface area contributed by atoms with Crippen molar-refractivity contribution in [2.75, 3.05) is 5.32 Å². The Balaban J connectivity index is 1.61. The van der Waals surface area contributed by atoms with Gasteiger partial charge in [-0.2, -0.15) is 5.10 Å². The normalized spacial score (nSPS) is 12.2. The average molecular weight is 362 g/mol. The predicted octanol–water partition coefficient (Wildman–Crippen LogP) is 1.69. The molecule has 9 nitrogen and oxygen atoms in total. The molecule has 9 heteroatoms. The van der Waals surface area contributed by atoms with Gasteiger partial charge in [-0.3, -0.25) is 9.48 Å². The van der Waals surface area contributed by atoms with Gasteiger partial charge in [-0.05, 0) is 29.0 Å². The Bertz CT molecular complexity index is 1070. The van der Waals surface area contributed by atoms with E-state index < -0.39 is 6.04 Å². The Kier molecular flexibility index (Phi) is 4.33. The molecule has 0 aliphatic rings. The number of hydrogen-bond acceptors (Lipinski definition) is 6. The zero-order valence-electron chi connectivity index (χ0n) is 14.9. The zero-order chi connectivity index (χ0) is 18.8. The number of nitrogens with one attached hydrogen (secondary N) is 1. The van der Waals surface area contributed by atoms with Gasteiger partial charge in [0.25, 0.3) is 0 Å². The van der Waals surface area contributed by atoms with Crippen molar-refractivity contribution in [2.45, 2.75) is 19.4 Å². The van der Waals surface area contributed by atoms with Crippen LogP contribution < -0.4 is 5.32 Å². The van der Waals surface area contributed by atoms with Crippen LogP contribution in [-0.4, -0.2) is 40.9 Å². The largest absolute Gasteiger partial charge is 0.323 e. The summed E-state index contributed by atoms with van der Waals surface area (Å²) in [5.41, 5.74) is 3.25. The molecule has 3 heterocycles. The second-order valence-corrected chi connectivity index (χ2v) is 6.29. The van der Waals surface area contributed by atoms with Crippen LogP contribution in [0.25, 0.3) is 11.0 Å². The van der Waals surface area contributed by atoms with Crippen molar-refractivity contribution >= 4 is 22.6 Å². The molecule has 1 amide bonds. The number of nitrogens with zero attached hydrogens (tertiary/aromatic N) is 7. The number of amides is 1. The number of carbonyl (C=O) groups excluding carboxylic acids is 1. The van der Waals surface area contributed by atoms with Crippen LogP contribution >= 0.6 is 0 Å². The molecule has 3 aromatic heterocycles. The fraction of sp³-hybridized carbons (Fsp3) is 0.222. The van der Waals surface area contributed by atoms with Crippen molar-refractivity contribution in [1.82, 2.24) is 35.0 Å². The molecule has 1 atom stereocenters. The Hall–Kier alpha value is -3.62. The summed E-state index contributed by atoms with van der Waals surface area (Å²) < 4.78 is 3.18. The van der Waals surface area contributed by atoms with Gasteiger partial charge in [0.05, 0.1) is 17.6 Å². The number of carbonyl (C=O) groups is 1. The van der Waals surface area contributed by atoms with Gasteiger partial charge in [-0.1, -0.05) is 30.3 Å². The predicted molar refractivity (Wildman–Crippen MR) is 98.9 cm³/mol. The number of hydrogen-bond donors (Lipinski definition) is 1. The van der Waals surface area contributed by atoms with Crippen molar-refractivity contribution in [3.63, 3.8) is 0 Å². The molecule has 136 valence electrons. The van der Waals surface area contributed by atoms with Crippen LogP contribution in [0.15, 0.2) is 48.9 Å². The molecule has 0 radical (unpaired) electrons. The summed E-state index contributed by atoms with van der Waals surface area (Å²) in [7, 11) is 1.84. The molecule has 0 aliphatic heterocycles. The highest BCUT2D eigenvalue weighted by Crippen LogP contribution is 2.21. The highest BCUT2D eigenvalue weighted by molar-refractivity contribution is 5.95. The van der Waals surface area contributed by atoms with Gasteiger partial charge in [-0.25, -0.2) is 9.67 Å². The topological polar surface area (TPSA) is 103 Å². The molecule has 1 unspecified atom stereocenters. The van der Waals surface area contributed by atoms with Crippen LogP contribution in [0.3, 0.4) is 0 Å². The number of pyridine rings is 1. The molecule has 0 fully saturated rings. The number of anilines is 1. The highest BCUT2D eigenvalue weighted by atomic mass is 16.2. The van der Waals surface area contributed by atoms with Gasteiger partial charge in [0, 0.05) is 18.9 Å². The summed E-state index contributed by atoms with van der Waals surface area (Å²) >= 11 is 0. The maximum absolute atomic E-state index is 13.0. The standard InChI is InChI=1S/C18H18N8O/c1-12-15-9-14(10-19-17(15)25(2)22-12)21-18(27)16(26-11-20-23-24-26)8-13-6-4-3-5-7-13/h3-7,9-11,16H,8H2,1-2H3,(H,21,27). The molecule has 0 saturated heterocycles. The molecule has 0 saturated carbocycles. The number of fused-ring (bicyclic) bond motifs is 1. The molecular weight excluding hydrogens is 344 g/mol. The number of aryl methyl sites for hydroxylation is 2. The first-order chi connectivity index (χ1) is 13.1. The van der Waals surface area contributed by atoms with E-state index in [2.05, 4.69) is 30.9 Å². The van der Waals surface area contributed by atoms with E-state index in [0.29, 0.717) is 12.1 Å². The van der Waals surface area contributed by atoms with Gasteiger partial charge in [0.15, 0.2) is 5.65 Å². The van der Waals surface area contributed by atoms with E-state index in [0.717, 1.165) is 22.3 Å². The smallest absolute Gasteiger partial charge is 0.249 e. The third-order valence-electron chi connectivity index (χ3n) is 4.39. The molecular formula is C18H18N8O. The lowest BCUT2D eigenvalue weighted by Gasteiger charge is -2.16. The Labute approximate surface area is 155 Å². The SMILES string of the molecule is Cc1nn(C)c2ncc(NC(=O)C(Cc3ccccc3)n3cnnn3)cc12. The second-order valence-electron chi connectivity index (χ2n) is 6.29. The van der Waals surface area contributed by atoms with Crippen molar-refractivity contribution in [3.05, 3.63) is 60.2 Å². The fourth-order valence-electron chi connectivity index (χ4n) is 3.06. The number of benzene rings is 1. The summed E-state index contributed by atoms with van der Waals surface area (Å²) in [6.45, 7) is 1.91. The van der Waals surface area contributed by atoms with E-state index in [1.807, 2.05) is 50.4 Å². The first-order valence-electron chi connectivity index (χ1n) is 8.48. The maximum atomic E-state index is 13.0. The monoisotopic (exact) mass is 362 g/mol. The zero-order valence-corrected chi connectivity index (χ0v) is 14.9. The van der Waals surface area contributed by atoms with Crippen LogP contribution in [0.4, 0.5) is 5.69 Å². The minimum absolute atomic E-state index is 0.214. The Morgan fingerprint density at radius 3 is 2.81 bits per heavy atom. The van der Waals surface area contributed by atoms with Crippen molar-refractivity contribution < 1.29 is 4.79 Å². The molecule has 27 heavy (non-hydrogen) atoms. The molecule has 0 bridgehead atoms. The molecule has 1 N–H and O–H groups in total. The minimum atomic E-state index is -0.576. The summed E-state index contributed by atoms with van der Waals surface area (Å²) in [6.07, 6.45) is 3.54. The van der Waals surface area contributed by atoms with E-state index in [1.165, 1.54) is 11.0 Å². The first kappa shape index (κ1) is 16.8. The third-order valence-corrected chi connectivity index (χ3v) is 4.39. The quantitative estimate of drug-likeness (QED) is 0.579. The number of aromatic nitrogens is 7. The summed E-state index contributed by atoms with van der Waals surface area (Å²) in [4.78, 5) is 17.4. The lowest BCUT2D eigenvalue weighted by molar-refractivity contribution is -0.119. The van der Waals surface area contributed by atoms with E-state index in [1.54, 1.807) is 10.9 Å². The van der Waals surface area contributed by atoms with Crippen LogP contribution in [0.2, 0.25) is 0 Å². The summed E-state index contributed by atoms with van der Waals surface area (Å²) in [6, 6.07) is 11.1. The first-order valence-corrected chi connectivity index (χ1v) is 8.48. The third kappa shape index (κ3) is 3.39. The van der Waals surface area contributed by atoms with Gasteiger partial charge in [0.1, 0.15) is 12.4 Å². The van der Waals surface area contributed by atoms with E-state index in [-0.39, 0.29) is 5.91 Å². The lowest BCUT2D eigenvalue weighted by Crippen LogP contribution is -2.28. The van der Waals surface area contributed by atoms with Crippen molar-refractivity contribution in [1.29, 1.82) is 0 Å². The molecule has 0 spiro atoms.